The van der Waals surface area contributed by atoms with E-state index in [0.717, 1.165) is 0 Å². The van der Waals surface area contributed by atoms with E-state index in [9.17, 15) is 9.90 Å². The number of carbonyl (C=O) groups is 1. The largest absolute Gasteiger partial charge is 0.399 e. The number of carbonyl (C=O) groups excluding carboxylic acids is 1. The SMILES string of the molecule is CC(SCC(O)CO)C(=O)Nc1ccc(N)cc1. The van der Waals surface area contributed by atoms with Gasteiger partial charge < -0.3 is 21.3 Å². The number of thioether (sulfide) groups is 1. The van der Waals surface area contributed by atoms with Gasteiger partial charge in [-0.25, -0.2) is 0 Å². The first-order valence-electron chi connectivity index (χ1n) is 5.60. The van der Waals surface area contributed by atoms with Crippen LogP contribution in [0.5, 0.6) is 0 Å². The summed E-state index contributed by atoms with van der Waals surface area (Å²) in [6.45, 7) is 1.46. The zero-order valence-corrected chi connectivity index (χ0v) is 11.0. The Bertz CT molecular complexity index is 383. The van der Waals surface area contributed by atoms with Crippen molar-refractivity contribution >= 4 is 29.0 Å². The fourth-order valence-corrected chi connectivity index (χ4v) is 2.02. The minimum absolute atomic E-state index is 0.144. The predicted molar refractivity (Wildman–Crippen MR) is 74.5 cm³/mol. The van der Waals surface area contributed by atoms with E-state index < -0.39 is 6.10 Å². The monoisotopic (exact) mass is 270 g/mol. The number of aliphatic hydroxyl groups is 2. The average molecular weight is 270 g/mol. The molecule has 1 aromatic carbocycles. The number of aliphatic hydroxyl groups excluding tert-OH is 2. The Hall–Kier alpha value is -1.24. The quantitative estimate of drug-likeness (QED) is 0.570. The highest BCUT2D eigenvalue weighted by atomic mass is 32.2. The molecule has 0 aliphatic heterocycles. The molecule has 1 rings (SSSR count). The normalized spacial score (nSPS) is 13.9. The van der Waals surface area contributed by atoms with Gasteiger partial charge in [-0.3, -0.25) is 4.79 Å². The maximum atomic E-state index is 11.8. The molecule has 0 heterocycles. The fourth-order valence-electron chi connectivity index (χ4n) is 1.19. The maximum absolute atomic E-state index is 11.8. The second-order valence-electron chi connectivity index (χ2n) is 3.92. The molecule has 0 fully saturated rings. The molecule has 0 spiro atoms. The minimum Gasteiger partial charge on any atom is -0.399 e. The Balaban J connectivity index is 2.42. The van der Waals surface area contributed by atoms with Crippen LogP contribution in [0.25, 0.3) is 0 Å². The Morgan fingerprint density at radius 3 is 2.61 bits per heavy atom. The Labute approximate surface area is 110 Å². The molecular weight excluding hydrogens is 252 g/mol. The van der Waals surface area contributed by atoms with E-state index in [1.54, 1.807) is 31.2 Å². The number of nitrogen functional groups attached to an aromatic ring is 1. The van der Waals surface area contributed by atoms with Crippen molar-refractivity contribution in [2.75, 3.05) is 23.4 Å². The highest BCUT2D eigenvalue weighted by molar-refractivity contribution is 8.00. The van der Waals surface area contributed by atoms with Crippen LogP contribution in [0, 0.1) is 0 Å². The second kappa shape index (κ2) is 7.25. The molecule has 5 nitrogen and oxygen atoms in total. The lowest BCUT2D eigenvalue weighted by molar-refractivity contribution is -0.115. The summed E-state index contributed by atoms with van der Waals surface area (Å²) < 4.78 is 0. The van der Waals surface area contributed by atoms with Gasteiger partial charge in [-0.15, -0.1) is 11.8 Å². The summed E-state index contributed by atoms with van der Waals surface area (Å²) in [5.74, 6) is 0.183. The first-order valence-corrected chi connectivity index (χ1v) is 6.64. The third kappa shape index (κ3) is 4.95. The van der Waals surface area contributed by atoms with Gasteiger partial charge in [-0.2, -0.15) is 0 Å². The number of benzene rings is 1. The van der Waals surface area contributed by atoms with Gasteiger partial charge in [-0.1, -0.05) is 0 Å². The van der Waals surface area contributed by atoms with Crippen molar-refractivity contribution in [1.82, 2.24) is 0 Å². The van der Waals surface area contributed by atoms with Gasteiger partial charge in [-0.05, 0) is 31.2 Å². The topological polar surface area (TPSA) is 95.6 Å². The summed E-state index contributed by atoms with van der Waals surface area (Å²) in [6, 6.07) is 6.88. The summed E-state index contributed by atoms with van der Waals surface area (Å²) in [7, 11) is 0. The van der Waals surface area contributed by atoms with Crippen LogP contribution in [0.4, 0.5) is 11.4 Å². The van der Waals surface area contributed by atoms with E-state index in [-0.39, 0.29) is 17.8 Å². The van der Waals surface area contributed by atoms with E-state index in [0.29, 0.717) is 17.1 Å². The van der Waals surface area contributed by atoms with Gasteiger partial charge in [0.05, 0.1) is 18.0 Å². The van der Waals surface area contributed by atoms with E-state index in [2.05, 4.69) is 5.32 Å². The first kappa shape index (κ1) is 14.8. The van der Waals surface area contributed by atoms with Gasteiger partial charge in [0.15, 0.2) is 0 Å². The number of rotatable bonds is 6. The smallest absolute Gasteiger partial charge is 0.237 e. The first-order chi connectivity index (χ1) is 8.52. The molecule has 0 saturated heterocycles. The van der Waals surface area contributed by atoms with Crippen LogP contribution in [0.15, 0.2) is 24.3 Å². The zero-order chi connectivity index (χ0) is 13.5. The van der Waals surface area contributed by atoms with Gasteiger partial charge in [0.2, 0.25) is 5.91 Å². The number of hydrogen-bond acceptors (Lipinski definition) is 5. The molecular formula is C12H18N2O3S. The number of nitrogens with one attached hydrogen (secondary N) is 1. The molecule has 0 aliphatic rings. The van der Waals surface area contributed by atoms with E-state index in [1.165, 1.54) is 11.8 Å². The van der Waals surface area contributed by atoms with Crippen molar-refractivity contribution in [3.63, 3.8) is 0 Å². The molecule has 2 atom stereocenters. The van der Waals surface area contributed by atoms with Crippen molar-refractivity contribution in [3.8, 4) is 0 Å². The number of hydrogen-bond donors (Lipinski definition) is 4. The summed E-state index contributed by atoms with van der Waals surface area (Å²) in [4.78, 5) is 11.8. The van der Waals surface area contributed by atoms with Crippen LogP contribution in [0.3, 0.4) is 0 Å². The molecule has 1 amide bonds. The summed E-state index contributed by atoms with van der Waals surface area (Å²) in [6.07, 6.45) is -0.790. The predicted octanol–water partition coefficient (Wildman–Crippen LogP) is 0.682. The fraction of sp³-hybridized carbons (Fsp3) is 0.417. The van der Waals surface area contributed by atoms with Gasteiger partial charge in [0.1, 0.15) is 0 Å². The lowest BCUT2D eigenvalue weighted by atomic mass is 10.3. The molecule has 6 heteroatoms. The van der Waals surface area contributed by atoms with Crippen molar-refractivity contribution in [1.29, 1.82) is 0 Å². The molecule has 0 saturated carbocycles. The van der Waals surface area contributed by atoms with E-state index >= 15 is 0 Å². The van der Waals surface area contributed by atoms with Gasteiger partial charge in [0.25, 0.3) is 0 Å². The zero-order valence-electron chi connectivity index (χ0n) is 10.2. The Kier molecular flexibility index (Phi) is 5.97. The highest BCUT2D eigenvalue weighted by Crippen LogP contribution is 2.16. The van der Waals surface area contributed by atoms with Crippen molar-refractivity contribution < 1.29 is 15.0 Å². The lowest BCUT2D eigenvalue weighted by Gasteiger charge is -2.13. The molecule has 5 N–H and O–H groups in total. The van der Waals surface area contributed by atoms with Crippen LogP contribution < -0.4 is 11.1 Å². The molecule has 2 unspecified atom stereocenters. The molecule has 100 valence electrons. The number of anilines is 2. The molecule has 1 aromatic rings. The van der Waals surface area contributed by atoms with Crippen molar-refractivity contribution in [3.05, 3.63) is 24.3 Å². The van der Waals surface area contributed by atoms with E-state index in [1.807, 2.05) is 0 Å². The second-order valence-corrected chi connectivity index (χ2v) is 5.30. The molecule has 18 heavy (non-hydrogen) atoms. The summed E-state index contributed by atoms with van der Waals surface area (Å²) in [5.41, 5.74) is 6.87. The van der Waals surface area contributed by atoms with Crippen LogP contribution >= 0.6 is 11.8 Å². The third-order valence-corrected chi connectivity index (χ3v) is 3.59. The van der Waals surface area contributed by atoms with Gasteiger partial charge in [0, 0.05) is 17.1 Å². The average Bonchev–Trinajstić information content (AvgIpc) is 2.38. The van der Waals surface area contributed by atoms with Crippen molar-refractivity contribution in [2.45, 2.75) is 18.3 Å². The maximum Gasteiger partial charge on any atom is 0.237 e. The third-order valence-electron chi connectivity index (χ3n) is 2.30. The molecule has 0 aliphatic carbocycles. The number of amides is 1. The molecule has 0 radical (unpaired) electrons. The van der Waals surface area contributed by atoms with Crippen LogP contribution in [-0.4, -0.2) is 39.8 Å². The van der Waals surface area contributed by atoms with Crippen LogP contribution in [-0.2, 0) is 4.79 Å². The summed E-state index contributed by atoms with van der Waals surface area (Å²) >= 11 is 1.29. The molecule has 0 bridgehead atoms. The number of nitrogens with two attached hydrogens (primary N) is 1. The van der Waals surface area contributed by atoms with Crippen LogP contribution in [0.1, 0.15) is 6.92 Å². The lowest BCUT2D eigenvalue weighted by Crippen LogP contribution is -2.25. The molecule has 0 aromatic heterocycles. The highest BCUT2D eigenvalue weighted by Gasteiger charge is 2.15. The van der Waals surface area contributed by atoms with Gasteiger partial charge >= 0.3 is 0 Å². The van der Waals surface area contributed by atoms with Crippen molar-refractivity contribution in [2.24, 2.45) is 0 Å². The Morgan fingerprint density at radius 1 is 1.44 bits per heavy atom. The summed E-state index contributed by atoms with van der Waals surface area (Å²) in [5, 5.41) is 20.3. The Morgan fingerprint density at radius 2 is 2.06 bits per heavy atom. The standard InChI is InChI=1S/C12H18N2O3S/c1-8(18-7-11(16)6-15)12(17)14-10-4-2-9(13)3-5-10/h2-5,8,11,15-16H,6-7,13H2,1H3,(H,14,17). The van der Waals surface area contributed by atoms with E-state index in [4.69, 9.17) is 10.8 Å². The van der Waals surface area contributed by atoms with Crippen LogP contribution in [0.2, 0.25) is 0 Å². The minimum atomic E-state index is -0.790.